The fraction of sp³-hybridized carbons (Fsp3) is 0.370. The molecular weight excluding hydrogens is 414 g/mol. The molecule has 1 aliphatic rings. The summed E-state index contributed by atoms with van der Waals surface area (Å²) in [5, 5.41) is 5.22. The minimum absolute atomic E-state index is 0.137. The van der Waals surface area contributed by atoms with Crippen LogP contribution in [0.3, 0.4) is 0 Å². The van der Waals surface area contributed by atoms with Crippen molar-refractivity contribution >= 4 is 17.1 Å². The molecule has 6 nitrogen and oxygen atoms in total. The zero-order valence-corrected chi connectivity index (χ0v) is 19.4. The van der Waals surface area contributed by atoms with E-state index in [4.69, 9.17) is 14.5 Å². The lowest BCUT2D eigenvalue weighted by Crippen LogP contribution is -2.25. The molecule has 1 saturated carbocycles. The van der Waals surface area contributed by atoms with Crippen molar-refractivity contribution in [1.29, 1.82) is 0 Å². The molecule has 1 aliphatic carbocycles. The summed E-state index contributed by atoms with van der Waals surface area (Å²) in [7, 11) is 1.62. The molecule has 33 heavy (non-hydrogen) atoms. The molecule has 1 heterocycles. The number of fused-ring (bicyclic) bond motifs is 1. The Bertz CT molecular complexity index is 1220. The van der Waals surface area contributed by atoms with Gasteiger partial charge in [0.15, 0.2) is 11.5 Å². The van der Waals surface area contributed by atoms with Crippen molar-refractivity contribution in [1.82, 2.24) is 9.66 Å². The number of allylic oxidation sites excluding steroid dienone is 1. The predicted octanol–water partition coefficient (Wildman–Crippen LogP) is 5.46. The van der Waals surface area contributed by atoms with E-state index < -0.39 is 0 Å². The summed E-state index contributed by atoms with van der Waals surface area (Å²) in [4.78, 5) is 18.3. The summed E-state index contributed by atoms with van der Waals surface area (Å²) in [6.45, 7) is 6.34. The Morgan fingerprint density at radius 3 is 2.73 bits per heavy atom. The molecule has 1 fully saturated rings. The van der Waals surface area contributed by atoms with E-state index in [0.29, 0.717) is 29.9 Å². The summed E-state index contributed by atoms with van der Waals surface area (Å²) in [6.07, 6.45) is 9.76. The Balaban J connectivity index is 1.82. The lowest BCUT2D eigenvalue weighted by molar-refractivity contribution is 0.308. The van der Waals surface area contributed by atoms with Gasteiger partial charge in [0.2, 0.25) is 0 Å². The lowest BCUT2D eigenvalue weighted by atomic mass is 9.88. The Morgan fingerprint density at radius 2 is 2.00 bits per heavy atom. The average Bonchev–Trinajstić information content (AvgIpc) is 2.85. The molecule has 0 bridgehead atoms. The van der Waals surface area contributed by atoms with Crippen molar-refractivity contribution in [3.05, 3.63) is 76.4 Å². The third-order valence-electron chi connectivity index (χ3n) is 6.10. The number of rotatable bonds is 8. The zero-order valence-electron chi connectivity index (χ0n) is 19.4. The van der Waals surface area contributed by atoms with Crippen molar-refractivity contribution in [2.45, 2.75) is 51.4 Å². The van der Waals surface area contributed by atoms with E-state index in [1.165, 1.54) is 11.1 Å². The van der Waals surface area contributed by atoms with E-state index >= 15 is 0 Å². The molecule has 2 aromatic carbocycles. The predicted molar refractivity (Wildman–Crippen MR) is 133 cm³/mol. The Morgan fingerprint density at radius 1 is 1.21 bits per heavy atom. The molecule has 0 atom stereocenters. The van der Waals surface area contributed by atoms with Gasteiger partial charge in [-0.05, 0) is 56.0 Å². The second-order valence-electron chi connectivity index (χ2n) is 8.32. The van der Waals surface area contributed by atoms with Crippen LogP contribution in [0.4, 0.5) is 0 Å². The number of hydrogen-bond acceptors (Lipinski definition) is 5. The first-order valence-corrected chi connectivity index (χ1v) is 11.7. The molecule has 0 amide bonds. The van der Waals surface area contributed by atoms with Crippen LogP contribution in [0, 0.1) is 0 Å². The van der Waals surface area contributed by atoms with Gasteiger partial charge in [-0.15, -0.1) is 6.58 Å². The van der Waals surface area contributed by atoms with Crippen LogP contribution >= 0.6 is 0 Å². The van der Waals surface area contributed by atoms with Crippen LogP contribution in [-0.4, -0.2) is 29.6 Å². The zero-order chi connectivity index (χ0) is 23.2. The average molecular weight is 446 g/mol. The van der Waals surface area contributed by atoms with Crippen LogP contribution in [0.2, 0.25) is 0 Å². The monoisotopic (exact) mass is 445 g/mol. The first kappa shape index (κ1) is 22.8. The highest BCUT2D eigenvalue weighted by Crippen LogP contribution is 2.34. The first-order valence-electron chi connectivity index (χ1n) is 11.7. The quantitative estimate of drug-likeness (QED) is 0.341. The van der Waals surface area contributed by atoms with Gasteiger partial charge in [0.25, 0.3) is 5.56 Å². The van der Waals surface area contributed by atoms with Crippen LogP contribution < -0.4 is 15.0 Å². The first-order chi connectivity index (χ1) is 16.2. The number of ether oxygens (including phenoxy) is 2. The normalized spacial score (nSPS) is 14.6. The SMILES string of the molecule is C=CCc1cc(C=Nn2c(C3CCCCC3)nc3ccccc3c2=O)cc(OC)c1OCC. The van der Waals surface area contributed by atoms with Crippen molar-refractivity contribution in [3.63, 3.8) is 0 Å². The van der Waals surface area contributed by atoms with E-state index in [1.54, 1.807) is 13.3 Å². The van der Waals surface area contributed by atoms with Crippen LogP contribution in [0.15, 0.2) is 58.9 Å². The maximum atomic E-state index is 13.4. The van der Waals surface area contributed by atoms with Gasteiger partial charge in [-0.25, -0.2) is 4.98 Å². The van der Waals surface area contributed by atoms with Crippen LogP contribution in [0.25, 0.3) is 10.9 Å². The number of methoxy groups -OCH3 is 1. The van der Waals surface area contributed by atoms with Crippen molar-refractivity contribution < 1.29 is 9.47 Å². The molecule has 0 spiro atoms. The fourth-order valence-electron chi connectivity index (χ4n) is 4.53. The van der Waals surface area contributed by atoms with E-state index in [-0.39, 0.29) is 11.5 Å². The second kappa shape index (κ2) is 10.5. The van der Waals surface area contributed by atoms with E-state index in [1.807, 2.05) is 49.4 Å². The smallest absolute Gasteiger partial charge is 0.282 e. The molecule has 0 unspecified atom stereocenters. The van der Waals surface area contributed by atoms with E-state index in [9.17, 15) is 4.79 Å². The third kappa shape index (κ3) is 4.85. The number of hydrogen-bond donors (Lipinski definition) is 0. The van der Waals surface area contributed by atoms with Crippen LogP contribution in [-0.2, 0) is 6.42 Å². The number of para-hydroxylation sites is 1. The maximum absolute atomic E-state index is 13.4. The molecule has 0 radical (unpaired) electrons. The summed E-state index contributed by atoms with van der Waals surface area (Å²) in [6, 6.07) is 11.4. The Kier molecular flexibility index (Phi) is 7.23. The molecule has 0 aliphatic heterocycles. The number of aromatic nitrogens is 2. The molecule has 0 saturated heterocycles. The van der Waals surface area contributed by atoms with Crippen molar-refractivity contribution in [2.24, 2.45) is 5.10 Å². The van der Waals surface area contributed by atoms with Gasteiger partial charge in [-0.2, -0.15) is 9.78 Å². The largest absolute Gasteiger partial charge is 0.493 e. The Labute approximate surface area is 194 Å². The number of nitrogens with zero attached hydrogens (tertiary/aromatic N) is 3. The minimum Gasteiger partial charge on any atom is -0.493 e. The summed E-state index contributed by atoms with van der Waals surface area (Å²) in [5.41, 5.74) is 2.37. The summed E-state index contributed by atoms with van der Waals surface area (Å²) >= 11 is 0. The summed E-state index contributed by atoms with van der Waals surface area (Å²) < 4.78 is 12.9. The lowest BCUT2D eigenvalue weighted by Gasteiger charge is -2.22. The topological polar surface area (TPSA) is 65.7 Å². The fourth-order valence-corrected chi connectivity index (χ4v) is 4.53. The van der Waals surface area contributed by atoms with Gasteiger partial charge in [-0.1, -0.05) is 37.5 Å². The molecule has 3 aromatic rings. The highest BCUT2D eigenvalue weighted by Gasteiger charge is 2.22. The molecule has 4 rings (SSSR count). The number of benzene rings is 2. The third-order valence-corrected chi connectivity index (χ3v) is 6.10. The Hall–Kier alpha value is -3.41. The van der Waals surface area contributed by atoms with Crippen molar-refractivity contribution in [2.75, 3.05) is 13.7 Å². The minimum atomic E-state index is -0.137. The van der Waals surface area contributed by atoms with Gasteiger partial charge in [0.05, 0.1) is 30.8 Å². The van der Waals surface area contributed by atoms with Gasteiger partial charge in [-0.3, -0.25) is 4.79 Å². The van der Waals surface area contributed by atoms with E-state index in [0.717, 1.165) is 48.2 Å². The molecule has 6 heteroatoms. The van der Waals surface area contributed by atoms with E-state index in [2.05, 4.69) is 11.7 Å². The van der Waals surface area contributed by atoms with Crippen molar-refractivity contribution in [3.8, 4) is 11.5 Å². The van der Waals surface area contributed by atoms with Crippen LogP contribution in [0.1, 0.15) is 61.9 Å². The standard InChI is InChI=1S/C27H31N3O3/c1-4-11-21-16-19(17-24(32-3)25(21)33-5-2)18-28-30-26(20-12-7-6-8-13-20)29-23-15-10-9-14-22(23)27(30)31/h4,9-10,14-18,20H,1,5-8,11-13H2,2-3H3. The van der Waals surface area contributed by atoms with Crippen LogP contribution in [0.5, 0.6) is 11.5 Å². The molecule has 1 aromatic heterocycles. The highest BCUT2D eigenvalue weighted by atomic mass is 16.5. The molecular formula is C27H31N3O3. The molecule has 172 valence electrons. The van der Waals surface area contributed by atoms with Gasteiger partial charge < -0.3 is 9.47 Å². The summed E-state index contributed by atoms with van der Waals surface area (Å²) in [5.74, 6) is 2.33. The van der Waals surface area contributed by atoms with Gasteiger partial charge in [0.1, 0.15) is 5.82 Å². The second-order valence-corrected chi connectivity index (χ2v) is 8.32. The van der Waals surface area contributed by atoms with Gasteiger partial charge in [0, 0.05) is 11.5 Å². The maximum Gasteiger partial charge on any atom is 0.282 e. The highest BCUT2D eigenvalue weighted by molar-refractivity contribution is 5.82. The van der Waals surface area contributed by atoms with Gasteiger partial charge >= 0.3 is 0 Å². The molecule has 0 N–H and O–H groups in total.